The highest BCUT2D eigenvalue weighted by molar-refractivity contribution is 7.92. The van der Waals surface area contributed by atoms with Gasteiger partial charge in [0.05, 0.1) is 29.0 Å². The van der Waals surface area contributed by atoms with E-state index < -0.39 is 32.0 Å². The number of ether oxygens (including phenoxy) is 1. The summed E-state index contributed by atoms with van der Waals surface area (Å²) in [4.78, 5) is 20.4. The second-order valence-electron chi connectivity index (χ2n) is 7.25. The molecular weight excluding hydrogens is 518 g/mol. The molecule has 186 valence electrons. The summed E-state index contributed by atoms with van der Waals surface area (Å²) in [5.41, 5.74) is 0.439. The van der Waals surface area contributed by atoms with Gasteiger partial charge in [-0.15, -0.1) is 0 Å². The molecule has 14 heteroatoms. The molecule has 3 aromatic rings. The molecule has 0 radical (unpaired) electrons. The Balaban J connectivity index is 1.78. The molecular formula is C21H22ClN5O6S2. The van der Waals surface area contributed by atoms with Gasteiger partial charge < -0.3 is 10.1 Å². The molecule has 1 amide bonds. The maximum Gasteiger partial charge on any atom is 0.264 e. The van der Waals surface area contributed by atoms with Gasteiger partial charge in [-0.3, -0.25) is 9.10 Å². The minimum absolute atomic E-state index is 0.0818. The van der Waals surface area contributed by atoms with E-state index in [9.17, 15) is 21.6 Å². The Kier molecular flexibility index (Phi) is 7.83. The average Bonchev–Trinajstić information content (AvgIpc) is 2.79. The lowest BCUT2D eigenvalue weighted by Gasteiger charge is -2.28. The SMILES string of the molecule is COc1ccc(N([C@@H](C)C(=O)Nc2ccc(S(=O)(=O)Nc3ncccn3)cc2)S(C)(=O)=O)cc1Cl. The van der Waals surface area contributed by atoms with E-state index in [4.69, 9.17) is 16.3 Å². The van der Waals surface area contributed by atoms with Crippen molar-refractivity contribution in [2.45, 2.75) is 17.9 Å². The van der Waals surface area contributed by atoms with Crippen molar-refractivity contribution in [3.63, 3.8) is 0 Å². The van der Waals surface area contributed by atoms with Crippen LogP contribution in [-0.4, -0.2) is 52.1 Å². The summed E-state index contributed by atoms with van der Waals surface area (Å²) in [5.74, 6) is -0.378. The van der Waals surface area contributed by atoms with Gasteiger partial charge >= 0.3 is 0 Å². The highest BCUT2D eigenvalue weighted by atomic mass is 35.5. The number of carbonyl (C=O) groups excluding carboxylic acids is 1. The number of methoxy groups -OCH3 is 1. The molecule has 0 aliphatic rings. The van der Waals surface area contributed by atoms with Crippen LogP contribution < -0.4 is 19.1 Å². The minimum Gasteiger partial charge on any atom is -0.495 e. The summed E-state index contributed by atoms with van der Waals surface area (Å²) in [7, 11) is -6.40. The van der Waals surface area contributed by atoms with Gasteiger partial charge in [0.2, 0.25) is 21.9 Å². The second kappa shape index (κ2) is 10.5. The van der Waals surface area contributed by atoms with E-state index in [1.165, 1.54) is 68.9 Å². The van der Waals surface area contributed by atoms with Crippen LogP contribution in [0.5, 0.6) is 5.75 Å². The zero-order chi connectivity index (χ0) is 25.8. The molecule has 0 aliphatic carbocycles. The molecule has 2 N–H and O–H groups in total. The van der Waals surface area contributed by atoms with Crippen LogP contribution in [0.25, 0.3) is 0 Å². The highest BCUT2D eigenvalue weighted by Gasteiger charge is 2.30. The fourth-order valence-corrected chi connectivity index (χ4v) is 5.47. The van der Waals surface area contributed by atoms with Gasteiger partial charge in [-0.25, -0.2) is 31.5 Å². The number of nitrogens with zero attached hydrogens (tertiary/aromatic N) is 3. The summed E-state index contributed by atoms with van der Waals surface area (Å²) in [6.07, 6.45) is 3.76. The third-order valence-corrected chi connectivity index (χ3v) is 7.58. The molecule has 1 aromatic heterocycles. The van der Waals surface area contributed by atoms with Crippen LogP contribution >= 0.6 is 11.6 Å². The van der Waals surface area contributed by atoms with Gasteiger partial charge in [0.25, 0.3) is 10.0 Å². The molecule has 0 fully saturated rings. The molecule has 11 nitrogen and oxygen atoms in total. The minimum atomic E-state index is -3.95. The van der Waals surface area contributed by atoms with E-state index in [1.54, 1.807) is 6.07 Å². The lowest BCUT2D eigenvalue weighted by Crippen LogP contribution is -2.45. The quantitative estimate of drug-likeness (QED) is 0.421. The summed E-state index contributed by atoms with van der Waals surface area (Å²) in [6, 6.07) is 10.0. The van der Waals surface area contributed by atoms with Gasteiger partial charge in [0, 0.05) is 18.1 Å². The first-order chi connectivity index (χ1) is 16.4. The van der Waals surface area contributed by atoms with E-state index in [1.807, 2.05) is 0 Å². The summed E-state index contributed by atoms with van der Waals surface area (Å²) < 4.78 is 58.2. The molecule has 35 heavy (non-hydrogen) atoms. The molecule has 2 aromatic carbocycles. The monoisotopic (exact) mass is 539 g/mol. The van der Waals surface area contributed by atoms with Gasteiger partial charge in [-0.05, 0) is 55.5 Å². The lowest BCUT2D eigenvalue weighted by atomic mass is 10.2. The van der Waals surface area contributed by atoms with Crippen molar-refractivity contribution in [2.24, 2.45) is 0 Å². The van der Waals surface area contributed by atoms with Crippen molar-refractivity contribution < 1.29 is 26.4 Å². The van der Waals surface area contributed by atoms with Gasteiger partial charge in [-0.2, -0.15) is 0 Å². The standard InChI is InChI=1S/C21H22ClN5O6S2/c1-14(27(34(3,29)30)16-7-10-19(33-2)18(22)13-16)20(28)25-15-5-8-17(9-6-15)35(31,32)26-21-23-11-4-12-24-21/h4-14H,1-3H3,(H,25,28)(H,23,24,26)/t14-/m0/s1. The van der Waals surface area contributed by atoms with Crippen molar-refractivity contribution in [3.8, 4) is 5.75 Å². The highest BCUT2D eigenvalue weighted by Crippen LogP contribution is 2.31. The molecule has 0 unspecified atom stereocenters. The van der Waals surface area contributed by atoms with Crippen LogP contribution in [0.15, 0.2) is 65.8 Å². The Morgan fingerprint density at radius 1 is 1.06 bits per heavy atom. The third-order valence-electron chi connectivity index (χ3n) is 4.70. The maximum atomic E-state index is 12.9. The van der Waals surface area contributed by atoms with Crippen LogP contribution in [0.4, 0.5) is 17.3 Å². The van der Waals surface area contributed by atoms with Crippen LogP contribution in [0.3, 0.4) is 0 Å². The predicted octanol–water partition coefficient (Wildman–Crippen LogP) is 2.73. The Morgan fingerprint density at radius 2 is 1.69 bits per heavy atom. The predicted molar refractivity (Wildman–Crippen MR) is 133 cm³/mol. The first kappa shape index (κ1) is 26.2. The largest absolute Gasteiger partial charge is 0.495 e. The van der Waals surface area contributed by atoms with Crippen LogP contribution in [0.1, 0.15) is 6.92 Å². The molecule has 0 saturated carbocycles. The van der Waals surface area contributed by atoms with Crippen LogP contribution in [0, 0.1) is 0 Å². The van der Waals surface area contributed by atoms with Crippen molar-refractivity contribution >= 4 is 54.9 Å². The first-order valence-electron chi connectivity index (χ1n) is 9.96. The van der Waals surface area contributed by atoms with Gasteiger partial charge in [0.15, 0.2) is 0 Å². The second-order valence-corrected chi connectivity index (χ2v) is 11.2. The number of anilines is 3. The number of amides is 1. The molecule has 1 atom stereocenters. The topological polar surface area (TPSA) is 148 Å². The fourth-order valence-electron chi connectivity index (χ4n) is 3.10. The van der Waals surface area contributed by atoms with Crippen molar-refractivity contribution in [1.82, 2.24) is 9.97 Å². The van der Waals surface area contributed by atoms with E-state index in [0.29, 0.717) is 5.75 Å². The number of nitrogens with one attached hydrogen (secondary N) is 2. The molecule has 0 spiro atoms. The zero-order valence-electron chi connectivity index (χ0n) is 18.8. The summed E-state index contributed by atoms with van der Waals surface area (Å²) in [5, 5.41) is 2.77. The number of hydrogen-bond donors (Lipinski definition) is 2. The van der Waals surface area contributed by atoms with E-state index in [2.05, 4.69) is 20.0 Å². The van der Waals surface area contributed by atoms with E-state index in [-0.39, 0.29) is 27.2 Å². The Morgan fingerprint density at radius 3 is 2.23 bits per heavy atom. The van der Waals surface area contributed by atoms with Crippen molar-refractivity contribution in [3.05, 3.63) is 65.9 Å². The number of carbonyl (C=O) groups is 1. The molecule has 1 heterocycles. The summed E-state index contributed by atoms with van der Waals surface area (Å²) in [6.45, 7) is 1.41. The number of benzene rings is 2. The van der Waals surface area contributed by atoms with Gasteiger partial charge in [-0.1, -0.05) is 11.6 Å². The Bertz CT molecular complexity index is 1420. The summed E-state index contributed by atoms with van der Waals surface area (Å²) >= 11 is 6.13. The van der Waals surface area contributed by atoms with Crippen molar-refractivity contribution in [1.29, 1.82) is 0 Å². The van der Waals surface area contributed by atoms with Crippen LogP contribution in [-0.2, 0) is 24.8 Å². The smallest absolute Gasteiger partial charge is 0.264 e. The van der Waals surface area contributed by atoms with Crippen molar-refractivity contribution in [2.75, 3.05) is 27.7 Å². The average molecular weight is 540 g/mol. The number of aromatic nitrogens is 2. The lowest BCUT2D eigenvalue weighted by molar-refractivity contribution is -0.116. The molecule has 3 rings (SSSR count). The van der Waals surface area contributed by atoms with E-state index >= 15 is 0 Å². The van der Waals surface area contributed by atoms with Gasteiger partial charge in [0.1, 0.15) is 11.8 Å². The zero-order valence-corrected chi connectivity index (χ0v) is 21.2. The van der Waals surface area contributed by atoms with Crippen LogP contribution in [0.2, 0.25) is 5.02 Å². The van der Waals surface area contributed by atoms with E-state index in [0.717, 1.165) is 10.6 Å². The third kappa shape index (κ3) is 6.38. The molecule has 0 bridgehead atoms. The molecule has 0 aliphatic heterocycles. The number of sulfonamides is 2. The maximum absolute atomic E-state index is 12.9. The fraction of sp³-hybridized carbons (Fsp3) is 0.190. The Labute approximate surface area is 208 Å². The first-order valence-corrected chi connectivity index (χ1v) is 13.7. The number of rotatable bonds is 9. The number of hydrogen-bond acceptors (Lipinski definition) is 8. The molecule has 0 saturated heterocycles. The Hall–Kier alpha value is -3.42. The normalized spacial score (nSPS) is 12.5. The number of halogens is 1.